The second kappa shape index (κ2) is 14.0. The Morgan fingerprint density at radius 1 is 0.951 bits per heavy atom. The van der Waals surface area contributed by atoms with Gasteiger partial charge in [-0.1, -0.05) is 85.1 Å². The molecule has 0 radical (unpaired) electrons. The van der Waals surface area contributed by atoms with Gasteiger partial charge in [-0.15, -0.1) is 0 Å². The summed E-state index contributed by atoms with van der Waals surface area (Å²) in [6.45, 7) is 0.831. The molecule has 4 aromatic rings. The van der Waals surface area contributed by atoms with Crippen molar-refractivity contribution in [3.63, 3.8) is 0 Å². The molecule has 0 saturated heterocycles. The Kier molecular flexibility index (Phi) is 9.98. The average molecular weight is 613 g/mol. The van der Waals surface area contributed by atoms with E-state index in [2.05, 4.69) is 25.9 Å². The fourth-order valence-electron chi connectivity index (χ4n) is 5.07. The quantitative estimate of drug-likeness (QED) is 0.164. The van der Waals surface area contributed by atoms with E-state index in [-0.39, 0.29) is 5.91 Å². The van der Waals surface area contributed by atoms with Crippen molar-refractivity contribution in [3.8, 4) is 5.82 Å². The van der Waals surface area contributed by atoms with Crippen LogP contribution in [0.25, 0.3) is 5.82 Å². The maximum absolute atomic E-state index is 13.6. The highest BCUT2D eigenvalue weighted by Crippen LogP contribution is 2.29. The van der Waals surface area contributed by atoms with Crippen LogP contribution in [0.1, 0.15) is 49.7 Å². The van der Waals surface area contributed by atoms with Gasteiger partial charge in [-0.25, -0.2) is 4.98 Å². The Hall–Kier alpha value is -3.33. The number of hydrogen-bond donors (Lipinski definition) is 3. The molecule has 1 aliphatic carbocycles. The molecule has 0 bridgehead atoms. The van der Waals surface area contributed by atoms with Crippen molar-refractivity contribution in [1.82, 2.24) is 24.8 Å². The van der Waals surface area contributed by atoms with Gasteiger partial charge in [0.05, 0.1) is 10.0 Å². The number of imidazole rings is 1. The number of carbonyl (C=O) groups excluding carboxylic acids is 1. The Labute approximate surface area is 254 Å². The van der Waals surface area contributed by atoms with Crippen molar-refractivity contribution in [2.45, 2.75) is 57.7 Å². The fourth-order valence-corrected chi connectivity index (χ4v) is 5.60. The topological polar surface area (TPSA) is 96.8 Å². The largest absolute Gasteiger partial charge is 0.358 e. The highest BCUT2D eigenvalue weighted by Gasteiger charge is 2.25. The Bertz CT molecular complexity index is 1460. The van der Waals surface area contributed by atoms with Crippen LogP contribution < -0.4 is 16.0 Å². The van der Waals surface area contributed by atoms with Crippen molar-refractivity contribution in [2.24, 2.45) is 5.92 Å². The summed E-state index contributed by atoms with van der Waals surface area (Å²) < 4.78 is 1.80. The van der Waals surface area contributed by atoms with Gasteiger partial charge in [-0.2, -0.15) is 9.97 Å². The third-order valence-electron chi connectivity index (χ3n) is 7.20. The number of anilines is 2. The molecule has 1 saturated carbocycles. The van der Waals surface area contributed by atoms with Crippen LogP contribution in [-0.4, -0.2) is 31.5 Å². The van der Waals surface area contributed by atoms with Gasteiger partial charge in [0, 0.05) is 36.6 Å². The van der Waals surface area contributed by atoms with Crippen molar-refractivity contribution in [3.05, 3.63) is 93.4 Å². The molecule has 2 heterocycles. The summed E-state index contributed by atoms with van der Waals surface area (Å²) in [6.07, 6.45) is 11.8. The summed E-state index contributed by atoms with van der Waals surface area (Å²) in [5, 5.41) is 11.4. The van der Waals surface area contributed by atoms with Crippen LogP contribution in [-0.2, 0) is 17.9 Å². The lowest BCUT2D eigenvalue weighted by atomic mass is 9.84. The predicted molar refractivity (Wildman–Crippen MR) is 165 cm³/mol. The molecule has 8 nitrogen and oxygen atoms in total. The number of hydrogen-bond acceptors (Lipinski definition) is 6. The molecular weight excluding hydrogens is 581 g/mol. The minimum atomic E-state index is -0.479. The van der Waals surface area contributed by atoms with E-state index in [0.29, 0.717) is 58.1 Å². The standard InChI is InChI=1S/C30H32Cl3N7O/c31-23-8-4-7-21(13-23)18-36-30-38-27(16-28(39-30)40-12-11-34-19-40)37-26(15-20-5-2-1-3-6-20)29(41)35-17-22-9-10-24(32)25(33)14-22/h4,7-14,16,19-20,26H,1-3,5-6,15,17-18H2,(H,35,41)(H2,36,37,38,39)/t26-/m1/s1. The van der Waals surface area contributed by atoms with Crippen LogP contribution in [0.4, 0.5) is 11.8 Å². The number of nitrogens with one attached hydrogen (secondary N) is 3. The highest BCUT2D eigenvalue weighted by molar-refractivity contribution is 6.42. The van der Waals surface area contributed by atoms with Gasteiger partial charge in [-0.3, -0.25) is 9.36 Å². The SMILES string of the molecule is O=C(NCc1ccc(Cl)c(Cl)c1)[C@@H](CC1CCCCC1)Nc1cc(-n2ccnc2)nc(NCc2cccc(Cl)c2)n1. The summed E-state index contributed by atoms with van der Waals surface area (Å²) in [5.41, 5.74) is 1.88. The molecule has 5 rings (SSSR count). The normalized spacial score (nSPS) is 14.4. The van der Waals surface area contributed by atoms with E-state index in [0.717, 1.165) is 24.0 Å². The zero-order chi connectivity index (χ0) is 28.6. The Morgan fingerprint density at radius 2 is 1.78 bits per heavy atom. The molecule has 0 aliphatic heterocycles. The molecule has 1 aliphatic rings. The van der Waals surface area contributed by atoms with Crippen LogP contribution in [0.3, 0.4) is 0 Å². The maximum Gasteiger partial charge on any atom is 0.242 e. The molecule has 1 fully saturated rings. The summed E-state index contributed by atoms with van der Waals surface area (Å²) >= 11 is 18.4. The molecule has 214 valence electrons. The molecule has 0 unspecified atom stereocenters. The zero-order valence-electron chi connectivity index (χ0n) is 22.5. The van der Waals surface area contributed by atoms with Gasteiger partial charge in [0.2, 0.25) is 11.9 Å². The van der Waals surface area contributed by atoms with Crippen LogP contribution >= 0.6 is 34.8 Å². The van der Waals surface area contributed by atoms with E-state index in [1.807, 2.05) is 42.6 Å². The average Bonchev–Trinajstić information content (AvgIpc) is 3.52. The minimum Gasteiger partial charge on any atom is -0.358 e. The lowest BCUT2D eigenvalue weighted by molar-refractivity contribution is -0.122. The van der Waals surface area contributed by atoms with E-state index in [1.165, 1.54) is 19.3 Å². The Balaban J connectivity index is 1.36. The first-order valence-corrected chi connectivity index (χ1v) is 14.9. The highest BCUT2D eigenvalue weighted by atomic mass is 35.5. The van der Waals surface area contributed by atoms with Gasteiger partial charge in [0.15, 0.2) is 0 Å². The van der Waals surface area contributed by atoms with E-state index < -0.39 is 6.04 Å². The molecule has 3 N–H and O–H groups in total. The number of carbonyl (C=O) groups is 1. The fraction of sp³-hybridized carbons (Fsp3) is 0.333. The monoisotopic (exact) mass is 611 g/mol. The molecule has 1 amide bonds. The summed E-state index contributed by atoms with van der Waals surface area (Å²) in [7, 11) is 0. The number of benzene rings is 2. The first-order valence-electron chi connectivity index (χ1n) is 13.8. The summed E-state index contributed by atoms with van der Waals surface area (Å²) in [6, 6.07) is 14.3. The third kappa shape index (κ3) is 8.35. The van der Waals surface area contributed by atoms with Gasteiger partial charge in [0.1, 0.15) is 24.0 Å². The van der Waals surface area contributed by atoms with Crippen molar-refractivity contribution in [1.29, 1.82) is 0 Å². The number of rotatable bonds is 11. The number of halogens is 3. The minimum absolute atomic E-state index is 0.0992. The van der Waals surface area contributed by atoms with Gasteiger partial charge < -0.3 is 16.0 Å². The van der Waals surface area contributed by atoms with E-state index in [1.54, 1.807) is 29.2 Å². The lowest BCUT2D eigenvalue weighted by Gasteiger charge is -2.27. The molecule has 11 heteroatoms. The lowest BCUT2D eigenvalue weighted by Crippen LogP contribution is -2.41. The van der Waals surface area contributed by atoms with Crippen molar-refractivity contribution < 1.29 is 4.79 Å². The third-order valence-corrected chi connectivity index (χ3v) is 8.18. The maximum atomic E-state index is 13.6. The Morgan fingerprint density at radius 3 is 2.54 bits per heavy atom. The smallest absolute Gasteiger partial charge is 0.242 e. The van der Waals surface area contributed by atoms with Gasteiger partial charge in [0.25, 0.3) is 0 Å². The molecule has 0 spiro atoms. The van der Waals surface area contributed by atoms with Crippen LogP contribution in [0.15, 0.2) is 67.3 Å². The number of nitrogens with zero attached hydrogens (tertiary/aromatic N) is 4. The first-order chi connectivity index (χ1) is 19.9. The number of amides is 1. The second-order valence-electron chi connectivity index (χ2n) is 10.3. The van der Waals surface area contributed by atoms with E-state index in [9.17, 15) is 4.79 Å². The summed E-state index contributed by atoms with van der Waals surface area (Å²) in [5.74, 6) is 1.96. The molecule has 41 heavy (non-hydrogen) atoms. The van der Waals surface area contributed by atoms with Crippen LogP contribution in [0.2, 0.25) is 15.1 Å². The zero-order valence-corrected chi connectivity index (χ0v) is 24.8. The van der Waals surface area contributed by atoms with Crippen LogP contribution in [0, 0.1) is 5.92 Å². The van der Waals surface area contributed by atoms with E-state index >= 15 is 0 Å². The first kappa shape index (κ1) is 29.2. The molecule has 2 aromatic carbocycles. The number of aromatic nitrogens is 4. The van der Waals surface area contributed by atoms with Crippen molar-refractivity contribution >= 4 is 52.5 Å². The van der Waals surface area contributed by atoms with Gasteiger partial charge >= 0.3 is 0 Å². The second-order valence-corrected chi connectivity index (χ2v) is 11.5. The predicted octanol–water partition coefficient (Wildman–Crippen LogP) is 7.30. The molecular formula is C30H32Cl3N7O. The van der Waals surface area contributed by atoms with E-state index in [4.69, 9.17) is 39.8 Å². The summed E-state index contributed by atoms with van der Waals surface area (Å²) in [4.78, 5) is 27.1. The van der Waals surface area contributed by atoms with Crippen molar-refractivity contribution in [2.75, 3.05) is 10.6 Å². The molecule has 2 aromatic heterocycles. The van der Waals surface area contributed by atoms with Gasteiger partial charge in [-0.05, 0) is 47.7 Å². The van der Waals surface area contributed by atoms with Crippen LogP contribution in [0.5, 0.6) is 0 Å². The molecule has 1 atom stereocenters.